The normalized spacial score (nSPS) is 10.7. The Hall–Kier alpha value is -1.51. The maximum atomic E-state index is 12.3. The van der Waals surface area contributed by atoms with Crippen molar-refractivity contribution in [3.8, 4) is 0 Å². The molecule has 106 valence electrons. The maximum Gasteiger partial charge on any atom is 0.227 e. The highest BCUT2D eigenvalue weighted by molar-refractivity contribution is 5.79. The van der Waals surface area contributed by atoms with Gasteiger partial charge in [0.25, 0.3) is 0 Å². The lowest BCUT2D eigenvalue weighted by atomic mass is 10.1. The molecule has 0 unspecified atom stereocenters. The zero-order chi connectivity index (χ0) is 14.3. The largest absolute Gasteiger partial charge is 0.399 e. The average molecular weight is 262 g/mol. The smallest absolute Gasteiger partial charge is 0.227 e. The molecule has 0 atom stereocenters. The quantitative estimate of drug-likeness (QED) is 0.605. The van der Waals surface area contributed by atoms with E-state index in [1.165, 1.54) is 12.8 Å². The van der Waals surface area contributed by atoms with E-state index in [0.29, 0.717) is 6.42 Å². The molecule has 1 amide bonds. The van der Waals surface area contributed by atoms with Crippen LogP contribution in [0.2, 0.25) is 0 Å². The van der Waals surface area contributed by atoms with Crippen LogP contribution in [0.5, 0.6) is 0 Å². The molecule has 0 aliphatic carbocycles. The van der Waals surface area contributed by atoms with Gasteiger partial charge in [0, 0.05) is 18.3 Å². The van der Waals surface area contributed by atoms with Crippen LogP contribution in [0.4, 0.5) is 5.69 Å². The summed E-state index contributed by atoms with van der Waals surface area (Å²) in [6.45, 7) is 7.19. The summed E-state index contributed by atoms with van der Waals surface area (Å²) in [5.74, 6) is 0.205. The molecule has 0 aromatic heterocycles. The van der Waals surface area contributed by atoms with E-state index in [4.69, 9.17) is 5.73 Å². The second-order valence-corrected chi connectivity index (χ2v) is 5.31. The number of carbonyl (C=O) groups excluding carboxylic acids is 1. The highest BCUT2D eigenvalue weighted by Gasteiger charge is 2.16. The van der Waals surface area contributed by atoms with Gasteiger partial charge in [-0.3, -0.25) is 4.79 Å². The molecule has 0 aliphatic heterocycles. The van der Waals surface area contributed by atoms with Crippen LogP contribution in [0.15, 0.2) is 24.3 Å². The number of rotatable bonds is 7. The minimum atomic E-state index is 0.205. The van der Waals surface area contributed by atoms with Crippen molar-refractivity contribution in [3.63, 3.8) is 0 Å². The highest BCUT2D eigenvalue weighted by Crippen LogP contribution is 2.10. The molecule has 0 saturated carbocycles. The molecule has 0 radical (unpaired) electrons. The second-order valence-electron chi connectivity index (χ2n) is 5.31. The highest BCUT2D eigenvalue weighted by atomic mass is 16.2. The molecule has 0 heterocycles. The number of unbranched alkanes of at least 4 members (excludes halogenated alkanes) is 2. The number of benzene rings is 1. The number of hydrogen-bond acceptors (Lipinski definition) is 2. The molecule has 3 heteroatoms. The van der Waals surface area contributed by atoms with Gasteiger partial charge < -0.3 is 10.6 Å². The number of nitrogens with two attached hydrogens (primary N) is 1. The molecule has 1 aromatic rings. The lowest BCUT2D eigenvalue weighted by Crippen LogP contribution is -2.38. The molecular formula is C16H26N2O. The van der Waals surface area contributed by atoms with Crippen molar-refractivity contribution in [2.75, 3.05) is 12.3 Å². The van der Waals surface area contributed by atoms with Crippen LogP contribution in [0, 0.1) is 0 Å². The minimum Gasteiger partial charge on any atom is -0.399 e. The Morgan fingerprint density at radius 1 is 1.21 bits per heavy atom. The van der Waals surface area contributed by atoms with Crippen molar-refractivity contribution in [3.05, 3.63) is 29.8 Å². The monoisotopic (exact) mass is 262 g/mol. The van der Waals surface area contributed by atoms with Gasteiger partial charge in [0.15, 0.2) is 0 Å². The van der Waals surface area contributed by atoms with Gasteiger partial charge in [-0.1, -0.05) is 31.9 Å². The molecule has 2 N–H and O–H groups in total. The van der Waals surface area contributed by atoms with Crippen molar-refractivity contribution in [1.29, 1.82) is 0 Å². The van der Waals surface area contributed by atoms with Crippen LogP contribution in [0.1, 0.15) is 45.6 Å². The van der Waals surface area contributed by atoms with E-state index >= 15 is 0 Å². The van der Waals surface area contributed by atoms with Crippen molar-refractivity contribution in [2.45, 2.75) is 52.5 Å². The number of nitrogen functional groups attached to an aromatic ring is 1. The lowest BCUT2D eigenvalue weighted by molar-refractivity contribution is -0.132. The Morgan fingerprint density at radius 2 is 1.84 bits per heavy atom. The summed E-state index contributed by atoms with van der Waals surface area (Å²) in [6, 6.07) is 7.81. The van der Waals surface area contributed by atoms with E-state index < -0.39 is 0 Å². The number of anilines is 1. The van der Waals surface area contributed by atoms with Crippen LogP contribution in [0.3, 0.4) is 0 Å². The average Bonchev–Trinajstić information content (AvgIpc) is 2.37. The second kappa shape index (κ2) is 7.82. The van der Waals surface area contributed by atoms with Gasteiger partial charge in [0.05, 0.1) is 6.42 Å². The molecule has 1 rings (SSSR count). The molecule has 0 bridgehead atoms. The van der Waals surface area contributed by atoms with Gasteiger partial charge in [-0.15, -0.1) is 0 Å². The summed E-state index contributed by atoms with van der Waals surface area (Å²) in [6.07, 6.45) is 3.91. The van der Waals surface area contributed by atoms with Gasteiger partial charge in [0.2, 0.25) is 5.91 Å². The summed E-state index contributed by atoms with van der Waals surface area (Å²) >= 11 is 0. The molecule has 0 saturated heterocycles. The van der Waals surface area contributed by atoms with E-state index in [2.05, 4.69) is 20.8 Å². The SMILES string of the molecule is CCCCCN(C(=O)Cc1ccc(N)cc1)C(C)C. The zero-order valence-corrected chi connectivity index (χ0v) is 12.4. The molecule has 3 nitrogen and oxygen atoms in total. The van der Waals surface area contributed by atoms with E-state index in [1.54, 1.807) is 0 Å². The standard InChI is InChI=1S/C16H26N2O/c1-4-5-6-11-18(13(2)3)16(19)12-14-7-9-15(17)10-8-14/h7-10,13H,4-6,11-12,17H2,1-3H3. The first-order valence-electron chi connectivity index (χ1n) is 7.18. The van der Waals surface area contributed by atoms with Crippen LogP contribution < -0.4 is 5.73 Å². The fourth-order valence-electron chi connectivity index (χ4n) is 2.11. The third kappa shape index (κ3) is 5.33. The molecule has 1 aromatic carbocycles. The minimum absolute atomic E-state index is 0.205. The van der Waals surface area contributed by atoms with Crippen LogP contribution in [0.25, 0.3) is 0 Å². The zero-order valence-electron chi connectivity index (χ0n) is 12.4. The third-order valence-corrected chi connectivity index (χ3v) is 3.28. The number of carbonyl (C=O) groups is 1. The fraction of sp³-hybridized carbons (Fsp3) is 0.562. The summed E-state index contributed by atoms with van der Waals surface area (Å²) in [5, 5.41) is 0. The first-order chi connectivity index (χ1) is 9.04. The summed E-state index contributed by atoms with van der Waals surface area (Å²) in [4.78, 5) is 14.3. The number of amides is 1. The van der Waals surface area contributed by atoms with Gasteiger partial charge >= 0.3 is 0 Å². The Balaban J connectivity index is 2.58. The van der Waals surface area contributed by atoms with E-state index in [9.17, 15) is 4.79 Å². The van der Waals surface area contributed by atoms with Crippen molar-refractivity contribution >= 4 is 11.6 Å². The third-order valence-electron chi connectivity index (χ3n) is 3.28. The summed E-state index contributed by atoms with van der Waals surface area (Å²) in [7, 11) is 0. The van der Waals surface area contributed by atoms with Gasteiger partial charge in [-0.05, 0) is 38.0 Å². The molecule has 0 aliphatic rings. The molecule has 0 spiro atoms. The number of nitrogens with zero attached hydrogens (tertiary/aromatic N) is 1. The predicted molar refractivity (Wildman–Crippen MR) is 80.9 cm³/mol. The van der Waals surface area contributed by atoms with Crippen LogP contribution >= 0.6 is 0 Å². The van der Waals surface area contributed by atoms with Gasteiger partial charge in [-0.25, -0.2) is 0 Å². The topological polar surface area (TPSA) is 46.3 Å². The Morgan fingerprint density at radius 3 is 2.37 bits per heavy atom. The lowest BCUT2D eigenvalue weighted by Gasteiger charge is -2.27. The molecular weight excluding hydrogens is 236 g/mol. The maximum absolute atomic E-state index is 12.3. The Labute approximate surface area is 116 Å². The summed E-state index contributed by atoms with van der Waals surface area (Å²) < 4.78 is 0. The first kappa shape index (κ1) is 15.5. The van der Waals surface area contributed by atoms with Crippen molar-refractivity contribution in [1.82, 2.24) is 4.90 Å². The van der Waals surface area contributed by atoms with Gasteiger partial charge in [-0.2, -0.15) is 0 Å². The van der Waals surface area contributed by atoms with Crippen molar-refractivity contribution < 1.29 is 4.79 Å². The van der Waals surface area contributed by atoms with Crippen LogP contribution in [-0.4, -0.2) is 23.4 Å². The molecule has 19 heavy (non-hydrogen) atoms. The van der Waals surface area contributed by atoms with Crippen molar-refractivity contribution in [2.24, 2.45) is 0 Å². The fourth-order valence-corrected chi connectivity index (χ4v) is 2.11. The van der Waals surface area contributed by atoms with E-state index in [-0.39, 0.29) is 11.9 Å². The Bertz CT molecular complexity index is 384. The first-order valence-corrected chi connectivity index (χ1v) is 7.18. The van der Waals surface area contributed by atoms with Crippen LogP contribution in [-0.2, 0) is 11.2 Å². The number of hydrogen-bond donors (Lipinski definition) is 1. The van der Waals surface area contributed by atoms with E-state index in [0.717, 1.165) is 24.2 Å². The predicted octanol–water partition coefficient (Wildman–Crippen LogP) is 3.24. The Kier molecular flexibility index (Phi) is 6.40. The summed E-state index contributed by atoms with van der Waals surface area (Å²) in [5.41, 5.74) is 7.42. The van der Waals surface area contributed by atoms with E-state index in [1.807, 2.05) is 29.2 Å². The molecule has 0 fully saturated rings. The van der Waals surface area contributed by atoms with Gasteiger partial charge in [0.1, 0.15) is 0 Å².